The monoisotopic (exact) mass is 349 g/mol. The number of ether oxygens (including phenoxy) is 1. The van der Waals surface area contributed by atoms with Crippen LogP contribution in [0.4, 0.5) is 4.39 Å². The second-order valence-corrected chi connectivity index (χ2v) is 7.15. The smallest absolute Gasteiger partial charge is 0.337 e. The fourth-order valence-corrected chi connectivity index (χ4v) is 4.73. The van der Waals surface area contributed by atoms with E-state index in [4.69, 9.17) is 4.74 Å². The van der Waals surface area contributed by atoms with Gasteiger partial charge in [-0.05, 0) is 31.9 Å². The van der Waals surface area contributed by atoms with E-state index in [-0.39, 0.29) is 11.9 Å². The Kier molecular flexibility index (Phi) is 5.23. The Balaban J connectivity index is 1.92. The maximum absolute atomic E-state index is 13.4. The van der Waals surface area contributed by atoms with Gasteiger partial charge in [-0.2, -0.15) is 0 Å². The number of phenolic OH excluding ortho intramolecular Hbond substituents is 1. The van der Waals surface area contributed by atoms with Crippen LogP contribution in [-0.4, -0.2) is 29.1 Å². The molecule has 3 rings (SSSR count). The molecule has 1 fully saturated rings. The summed E-state index contributed by atoms with van der Waals surface area (Å²) in [4.78, 5) is 16.8. The molecule has 0 amide bonds. The van der Waals surface area contributed by atoms with Crippen LogP contribution < -0.4 is 0 Å². The number of carbonyl (C=O) groups excluding carboxylic acids is 1. The van der Waals surface area contributed by atoms with Crippen molar-refractivity contribution in [3.63, 3.8) is 0 Å². The van der Waals surface area contributed by atoms with Crippen LogP contribution in [0.25, 0.3) is 0 Å². The van der Waals surface area contributed by atoms with Crippen molar-refractivity contribution in [2.75, 3.05) is 6.61 Å². The molecule has 128 valence electrons. The summed E-state index contributed by atoms with van der Waals surface area (Å²) in [6.45, 7) is 2.11. The van der Waals surface area contributed by atoms with E-state index in [0.29, 0.717) is 28.0 Å². The van der Waals surface area contributed by atoms with Crippen LogP contribution in [0.15, 0.2) is 33.8 Å². The van der Waals surface area contributed by atoms with Crippen LogP contribution in [0.3, 0.4) is 0 Å². The van der Waals surface area contributed by atoms with Gasteiger partial charge in [0.2, 0.25) is 0 Å². The highest BCUT2D eigenvalue weighted by atomic mass is 32.2. The van der Waals surface area contributed by atoms with E-state index < -0.39 is 11.6 Å². The van der Waals surface area contributed by atoms with E-state index in [1.54, 1.807) is 24.8 Å². The van der Waals surface area contributed by atoms with E-state index in [1.165, 1.54) is 18.3 Å². The maximum atomic E-state index is 13.4. The van der Waals surface area contributed by atoms with Crippen LogP contribution in [-0.2, 0) is 9.53 Å². The fraction of sp³-hybridized carbons (Fsp3) is 0.444. The lowest BCUT2D eigenvalue weighted by Crippen LogP contribution is -2.24. The summed E-state index contributed by atoms with van der Waals surface area (Å²) in [5.74, 6) is -1.25. The molecule has 1 N–H and O–H groups in total. The lowest BCUT2D eigenvalue weighted by atomic mass is 9.84. The first-order valence-corrected chi connectivity index (χ1v) is 9.09. The summed E-state index contributed by atoms with van der Waals surface area (Å²) < 4.78 is 18.6. The molecule has 1 aliphatic heterocycles. The lowest BCUT2D eigenvalue weighted by Gasteiger charge is -2.25. The molecule has 2 aliphatic rings. The zero-order valence-electron chi connectivity index (χ0n) is 13.5. The minimum atomic E-state index is -0.689. The standard InChI is InChI=1S/C18H20FNO3S/c1-2-23-18(22)15-12-7-3-4-9-14(12)24-17(15)20-10-11-6-5-8-13(19)16(11)21/h5-6,8,10,12,14,21H,2-4,7,9H2,1H3/b20-10+. The Morgan fingerprint density at radius 2 is 2.25 bits per heavy atom. The Hall–Kier alpha value is -1.82. The second-order valence-electron chi connectivity index (χ2n) is 5.92. The average molecular weight is 349 g/mol. The van der Waals surface area contributed by atoms with Crippen molar-refractivity contribution >= 4 is 23.9 Å². The number of nitrogens with zero attached hydrogens (tertiary/aromatic N) is 1. The third kappa shape index (κ3) is 3.34. The SMILES string of the molecule is CCOC(=O)C1=C(/N=C/c2cccc(F)c2O)SC2CCCCC12. The van der Waals surface area contributed by atoms with Crippen molar-refractivity contribution in [2.24, 2.45) is 10.9 Å². The highest BCUT2D eigenvalue weighted by Crippen LogP contribution is 2.49. The zero-order valence-corrected chi connectivity index (χ0v) is 14.3. The van der Waals surface area contributed by atoms with Gasteiger partial charge in [0.25, 0.3) is 0 Å². The topological polar surface area (TPSA) is 58.9 Å². The molecule has 0 aromatic heterocycles. The average Bonchev–Trinajstić information content (AvgIpc) is 2.95. The van der Waals surface area contributed by atoms with Gasteiger partial charge >= 0.3 is 5.97 Å². The molecule has 1 aromatic rings. The van der Waals surface area contributed by atoms with Crippen molar-refractivity contribution < 1.29 is 19.0 Å². The van der Waals surface area contributed by atoms with Crippen molar-refractivity contribution in [2.45, 2.75) is 37.9 Å². The summed E-state index contributed by atoms with van der Waals surface area (Å²) in [5, 5.41) is 10.7. The fourth-order valence-electron chi connectivity index (χ4n) is 3.25. The first-order valence-electron chi connectivity index (χ1n) is 8.21. The molecule has 1 aliphatic carbocycles. The molecule has 4 nitrogen and oxygen atoms in total. The summed E-state index contributed by atoms with van der Waals surface area (Å²) >= 11 is 1.59. The van der Waals surface area contributed by atoms with E-state index in [9.17, 15) is 14.3 Å². The van der Waals surface area contributed by atoms with Crippen molar-refractivity contribution in [3.05, 3.63) is 40.2 Å². The number of hydrogen-bond donors (Lipinski definition) is 1. The maximum Gasteiger partial charge on any atom is 0.337 e. The summed E-state index contributed by atoms with van der Waals surface area (Å²) in [7, 11) is 0. The number of esters is 1. The molecule has 2 unspecified atom stereocenters. The molecule has 0 spiro atoms. The number of aromatic hydroxyl groups is 1. The molecule has 2 atom stereocenters. The van der Waals surface area contributed by atoms with Crippen LogP contribution in [0.2, 0.25) is 0 Å². The predicted molar refractivity (Wildman–Crippen MR) is 92.7 cm³/mol. The van der Waals surface area contributed by atoms with Gasteiger partial charge < -0.3 is 9.84 Å². The van der Waals surface area contributed by atoms with Gasteiger partial charge in [0.05, 0.1) is 12.2 Å². The van der Waals surface area contributed by atoms with E-state index in [2.05, 4.69) is 4.99 Å². The molecule has 0 saturated heterocycles. The Morgan fingerprint density at radius 3 is 3.04 bits per heavy atom. The van der Waals surface area contributed by atoms with Gasteiger partial charge in [-0.25, -0.2) is 14.2 Å². The number of fused-ring (bicyclic) bond motifs is 1. The van der Waals surface area contributed by atoms with E-state index in [0.717, 1.165) is 25.7 Å². The van der Waals surface area contributed by atoms with Crippen LogP contribution in [0, 0.1) is 11.7 Å². The molecule has 1 heterocycles. The molecular formula is C18H20FNO3S. The molecule has 6 heteroatoms. The zero-order chi connectivity index (χ0) is 17.1. The number of halogens is 1. The Labute approximate surface area is 144 Å². The summed E-state index contributed by atoms with van der Waals surface area (Å²) in [6.07, 6.45) is 5.70. The minimum Gasteiger partial charge on any atom is -0.504 e. The third-order valence-electron chi connectivity index (χ3n) is 4.40. The van der Waals surface area contributed by atoms with Gasteiger partial charge in [0.1, 0.15) is 5.03 Å². The van der Waals surface area contributed by atoms with Crippen molar-refractivity contribution in [1.82, 2.24) is 0 Å². The van der Waals surface area contributed by atoms with Gasteiger partial charge in [-0.15, -0.1) is 11.8 Å². The number of para-hydroxylation sites is 1. The normalized spacial score (nSPS) is 23.6. The molecule has 24 heavy (non-hydrogen) atoms. The summed E-state index contributed by atoms with van der Waals surface area (Å²) in [5.41, 5.74) is 0.930. The van der Waals surface area contributed by atoms with E-state index >= 15 is 0 Å². The van der Waals surface area contributed by atoms with Crippen molar-refractivity contribution in [1.29, 1.82) is 0 Å². The number of aliphatic imine (C=N–C) groups is 1. The number of carbonyl (C=O) groups is 1. The number of rotatable bonds is 4. The van der Waals surface area contributed by atoms with Crippen molar-refractivity contribution in [3.8, 4) is 5.75 Å². The van der Waals surface area contributed by atoms with Crippen LogP contribution in [0.5, 0.6) is 5.75 Å². The first kappa shape index (κ1) is 17.0. The Bertz CT molecular complexity index is 702. The van der Waals surface area contributed by atoms with Gasteiger partial charge in [-0.1, -0.05) is 18.9 Å². The molecular weight excluding hydrogens is 329 g/mol. The lowest BCUT2D eigenvalue weighted by molar-refractivity contribution is -0.139. The van der Waals surface area contributed by atoms with Gasteiger partial charge in [-0.3, -0.25) is 0 Å². The Morgan fingerprint density at radius 1 is 1.46 bits per heavy atom. The van der Waals surface area contributed by atoms with Crippen LogP contribution in [0.1, 0.15) is 38.2 Å². The predicted octanol–water partition coefficient (Wildman–Crippen LogP) is 4.03. The van der Waals surface area contributed by atoms with Gasteiger partial charge in [0.15, 0.2) is 11.6 Å². The van der Waals surface area contributed by atoms with E-state index in [1.807, 2.05) is 0 Å². The first-order chi connectivity index (χ1) is 11.6. The highest BCUT2D eigenvalue weighted by Gasteiger charge is 2.41. The third-order valence-corrected chi connectivity index (χ3v) is 5.82. The number of phenols is 1. The molecule has 1 aromatic carbocycles. The number of benzene rings is 1. The molecule has 0 radical (unpaired) electrons. The second kappa shape index (κ2) is 7.38. The van der Waals surface area contributed by atoms with Gasteiger partial charge in [0, 0.05) is 22.9 Å². The number of thioether (sulfide) groups is 1. The highest BCUT2D eigenvalue weighted by molar-refractivity contribution is 8.04. The molecule has 0 bridgehead atoms. The summed E-state index contributed by atoms with van der Waals surface area (Å²) in [6, 6.07) is 4.28. The molecule has 1 saturated carbocycles. The number of hydrogen-bond acceptors (Lipinski definition) is 5. The van der Waals surface area contributed by atoms with Crippen LogP contribution >= 0.6 is 11.8 Å². The largest absolute Gasteiger partial charge is 0.504 e. The quantitative estimate of drug-likeness (QED) is 0.658. The minimum absolute atomic E-state index is 0.177.